The lowest BCUT2D eigenvalue weighted by Gasteiger charge is -2.45. The lowest BCUT2D eigenvalue weighted by atomic mass is 9.83. The van der Waals surface area contributed by atoms with Crippen LogP contribution in [0.1, 0.15) is 65.0 Å². The highest BCUT2D eigenvalue weighted by Crippen LogP contribution is 2.48. The molecular weight excluding hydrogens is 517 g/mol. The van der Waals surface area contributed by atoms with Crippen LogP contribution < -0.4 is 10.2 Å². The molecule has 1 N–H and O–H groups in total. The lowest BCUT2D eigenvalue weighted by Crippen LogP contribution is -2.55. The maximum atomic E-state index is 14.6. The molecule has 0 bridgehead atoms. The number of amides is 1. The van der Waals surface area contributed by atoms with Gasteiger partial charge < -0.3 is 19.7 Å². The van der Waals surface area contributed by atoms with Gasteiger partial charge in [-0.3, -0.25) is 9.78 Å². The van der Waals surface area contributed by atoms with Crippen LogP contribution in [-0.4, -0.2) is 55.5 Å². The number of carbonyl (C=O) groups is 1. The normalized spacial score (nSPS) is 22.0. The van der Waals surface area contributed by atoms with Crippen LogP contribution in [0.3, 0.4) is 0 Å². The third-order valence-electron chi connectivity index (χ3n) is 9.22. The highest BCUT2D eigenvalue weighted by atomic mass is 19.1. The Labute approximate surface area is 239 Å². The number of likely N-dealkylation sites (tertiary alicyclic amines) is 1. The largest absolute Gasteiger partial charge is 0.336 e. The number of aromatic nitrogens is 4. The maximum Gasteiger partial charge on any atom is 0.237 e. The molecule has 0 radical (unpaired) electrons. The summed E-state index contributed by atoms with van der Waals surface area (Å²) in [5.41, 5.74) is 4.94. The molecule has 1 amide bonds. The molecule has 8 nitrogen and oxygen atoms in total. The molecule has 1 aliphatic carbocycles. The predicted molar refractivity (Wildman–Crippen MR) is 159 cm³/mol. The van der Waals surface area contributed by atoms with Gasteiger partial charge in [0, 0.05) is 35.6 Å². The second-order valence-electron chi connectivity index (χ2n) is 12.5. The summed E-state index contributed by atoms with van der Waals surface area (Å²) in [4.78, 5) is 32.0. The van der Waals surface area contributed by atoms with Crippen molar-refractivity contribution in [2.75, 3.05) is 23.3 Å². The zero-order valence-electron chi connectivity index (χ0n) is 24.1. The van der Waals surface area contributed by atoms with E-state index in [9.17, 15) is 9.18 Å². The van der Waals surface area contributed by atoms with E-state index in [-0.39, 0.29) is 18.0 Å². The van der Waals surface area contributed by atoms with Gasteiger partial charge in [0.05, 0.1) is 34.8 Å². The Kier molecular flexibility index (Phi) is 6.12. The lowest BCUT2D eigenvalue weighted by molar-refractivity contribution is -0.123. The number of fused-ring (bicyclic) bond motifs is 2. The molecule has 7 rings (SSSR count). The number of carbonyl (C=O) groups excluding carboxylic acids is 1. The fourth-order valence-corrected chi connectivity index (χ4v) is 6.77. The molecular formula is C32H36FN7O. The van der Waals surface area contributed by atoms with Gasteiger partial charge in [-0.05, 0) is 90.2 Å². The summed E-state index contributed by atoms with van der Waals surface area (Å²) < 4.78 is 16.6. The quantitative estimate of drug-likeness (QED) is 0.306. The van der Waals surface area contributed by atoms with E-state index in [1.165, 1.54) is 32.1 Å². The summed E-state index contributed by atoms with van der Waals surface area (Å²) in [6, 6.07) is 10.7. The third-order valence-corrected chi connectivity index (χ3v) is 9.22. The zero-order valence-corrected chi connectivity index (χ0v) is 24.1. The van der Waals surface area contributed by atoms with Crippen LogP contribution in [-0.2, 0) is 10.2 Å². The Bertz CT molecular complexity index is 1650. The Morgan fingerprint density at radius 2 is 1.85 bits per heavy atom. The maximum absolute atomic E-state index is 14.6. The highest BCUT2D eigenvalue weighted by molar-refractivity contribution is 6.08. The van der Waals surface area contributed by atoms with Gasteiger partial charge in [-0.25, -0.2) is 14.4 Å². The minimum Gasteiger partial charge on any atom is -0.336 e. The average molecular weight is 554 g/mol. The summed E-state index contributed by atoms with van der Waals surface area (Å²) in [5, 5.41) is 3.20. The van der Waals surface area contributed by atoms with Gasteiger partial charge in [0.15, 0.2) is 11.6 Å². The average Bonchev–Trinajstić information content (AvgIpc) is 3.65. The molecule has 1 saturated heterocycles. The summed E-state index contributed by atoms with van der Waals surface area (Å²) in [7, 11) is 0. The van der Waals surface area contributed by atoms with E-state index in [1.807, 2.05) is 30.5 Å². The number of hydrogen-bond donors (Lipinski definition) is 1. The van der Waals surface area contributed by atoms with Crippen molar-refractivity contribution >= 4 is 34.1 Å². The minimum atomic E-state index is -0.578. The van der Waals surface area contributed by atoms with Crippen LogP contribution in [0, 0.1) is 5.82 Å². The van der Waals surface area contributed by atoms with Gasteiger partial charge in [0.2, 0.25) is 5.91 Å². The monoisotopic (exact) mass is 553 g/mol. The van der Waals surface area contributed by atoms with Gasteiger partial charge in [-0.2, -0.15) is 0 Å². The molecule has 0 spiro atoms. The van der Waals surface area contributed by atoms with Gasteiger partial charge in [0.25, 0.3) is 0 Å². The van der Waals surface area contributed by atoms with Crippen molar-refractivity contribution in [3.63, 3.8) is 0 Å². The number of hydrogen-bond acceptors (Lipinski definition) is 6. The Hall–Kier alpha value is -3.85. The van der Waals surface area contributed by atoms with E-state index in [2.05, 4.69) is 51.1 Å². The molecule has 212 valence electrons. The van der Waals surface area contributed by atoms with Gasteiger partial charge >= 0.3 is 0 Å². The number of pyridine rings is 2. The third kappa shape index (κ3) is 4.20. The molecule has 1 aromatic carbocycles. The fourth-order valence-electron chi connectivity index (χ4n) is 6.77. The summed E-state index contributed by atoms with van der Waals surface area (Å²) >= 11 is 0. The number of nitrogens with one attached hydrogen (secondary N) is 1. The summed E-state index contributed by atoms with van der Waals surface area (Å²) in [6.07, 6.45) is 9.14. The van der Waals surface area contributed by atoms with Crippen LogP contribution in [0.4, 0.5) is 21.6 Å². The molecule has 0 atom stereocenters. The standard InChI is InChI=1S/C32H36FN7O/c1-19(2)39-18-35-27-16-26(37-30(29(27)39)36-25-9-10-34-17-24(25)33)20-7-8-23-28(13-20)40(31(41)32(23,3)4)22-14-21(15-22)38-11-5-6-12-38/h7-10,13,16-19,21-22H,5-6,11-12,14-15H2,1-4H3,(H,34,36,37). The van der Waals surface area contributed by atoms with Gasteiger partial charge in [-0.1, -0.05) is 12.1 Å². The van der Waals surface area contributed by atoms with E-state index in [0.717, 1.165) is 40.7 Å². The van der Waals surface area contributed by atoms with E-state index < -0.39 is 11.2 Å². The van der Waals surface area contributed by atoms with Crippen molar-refractivity contribution in [3.8, 4) is 11.3 Å². The molecule has 3 aromatic heterocycles. The van der Waals surface area contributed by atoms with Crippen molar-refractivity contribution in [1.82, 2.24) is 24.4 Å². The van der Waals surface area contributed by atoms with Gasteiger partial charge in [0.1, 0.15) is 5.52 Å². The molecule has 41 heavy (non-hydrogen) atoms. The van der Waals surface area contributed by atoms with Crippen LogP contribution in [0.2, 0.25) is 0 Å². The molecule has 4 aromatic rings. The first-order valence-corrected chi connectivity index (χ1v) is 14.7. The number of imidazole rings is 1. The van der Waals surface area contributed by atoms with Gasteiger partial charge in [-0.15, -0.1) is 0 Å². The molecule has 1 saturated carbocycles. The van der Waals surface area contributed by atoms with Crippen molar-refractivity contribution < 1.29 is 9.18 Å². The van der Waals surface area contributed by atoms with Crippen LogP contribution in [0.5, 0.6) is 0 Å². The molecule has 0 unspecified atom stereocenters. The topological polar surface area (TPSA) is 79.2 Å². The highest BCUT2D eigenvalue weighted by Gasteiger charge is 2.50. The second-order valence-corrected chi connectivity index (χ2v) is 12.5. The number of benzene rings is 1. The number of halogens is 1. The van der Waals surface area contributed by atoms with E-state index in [0.29, 0.717) is 23.2 Å². The van der Waals surface area contributed by atoms with Crippen molar-refractivity contribution in [3.05, 3.63) is 60.4 Å². The molecule has 2 aliphatic heterocycles. The summed E-state index contributed by atoms with van der Waals surface area (Å²) in [6.45, 7) is 10.6. The number of nitrogens with zero attached hydrogens (tertiary/aromatic N) is 6. The number of anilines is 3. The molecule has 9 heteroatoms. The zero-order chi connectivity index (χ0) is 28.5. The van der Waals surface area contributed by atoms with E-state index in [4.69, 9.17) is 4.98 Å². The Morgan fingerprint density at radius 3 is 2.59 bits per heavy atom. The first kappa shape index (κ1) is 26.1. The first-order chi connectivity index (χ1) is 19.7. The summed E-state index contributed by atoms with van der Waals surface area (Å²) in [5.74, 6) is 0.240. The van der Waals surface area contributed by atoms with E-state index >= 15 is 0 Å². The molecule has 3 aliphatic rings. The first-order valence-electron chi connectivity index (χ1n) is 14.7. The number of rotatable bonds is 6. The van der Waals surface area contributed by atoms with E-state index in [1.54, 1.807) is 18.6 Å². The van der Waals surface area contributed by atoms with Crippen LogP contribution in [0.15, 0.2) is 49.1 Å². The Balaban J connectivity index is 1.29. The van der Waals surface area contributed by atoms with Crippen LogP contribution in [0.25, 0.3) is 22.3 Å². The predicted octanol–water partition coefficient (Wildman–Crippen LogP) is 6.21. The second kappa shape index (κ2) is 9.62. The SMILES string of the molecule is CC(C)n1cnc2cc(-c3ccc4c(c3)N(C3CC(N5CCCC5)C3)C(=O)C4(C)C)nc(Nc3ccncc3F)c21. The molecule has 5 heterocycles. The van der Waals surface area contributed by atoms with Crippen molar-refractivity contribution in [2.24, 2.45) is 0 Å². The van der Waals surface area contributed by atoms with Crippen LogP contribution >= 0.6 is 0 Å². The molecule has 2 fully saturated rings. The van der Waals surface area contributed by atoms with Crippen molar-refractivity contribution in [2.45, 2.75) is 76.9 Å². The fraction of sp³-hybridized carbons (Fsp3) is 0.438. The minimum absolute atomic E-state index is 0.143. The van der Waals surface area contributed by atoms with Crippen molar-refractivity contribution in [1.29, 1.82) is 0 Å². The smallest absolute Gasteiger partial charge is 0.237 e. The Morgan fingerprint density at radius 1 is 1.07 bits per heavy atom.